The smallest absolute Gasteiger partial charge is 0.260 e. The molecule has 0 aromatic heterocycles. The molecular formula is C19H17ClFN3O2S. The zero-order valence-electron chi connectivity index (χ0n) is 14.7. The van der Waals surface area contributed by atoms with E-state index in [0.29, 0.717) is 10.7 Å². The van der Waals surface area contributed by atoms with E-state index < -0.39 is 11.1 Å². The van der Waals surface area contributed by atoms with E-state index in [1.165, 1.54) is 30.0 Å². The van der Waals surface area contributed by atoms with Crippen molar-refractivity contribution in [1.29, 1.82) is 0 Å². The molecule has 2 aromatic carbocycles. The molecule has 140 valence electrons. The lowest BCUT2D eigenvalue weighted by molar-refractivity contribution is -0.121. The average Bonchev–Trinajstić information content (AvgIpc) is 2.99. The van der Waals surface area contributed by atoms with Crippen LogP contribution in [0.15, 0.2) is 47.5 Å². The maximum Gasteiger partial charge on any atom is 0.260 e. The van der Waals surface area contributed by atoms with Gasteiger partial charge in [0.2, 0.25) is 5.91 Å². The van der Waals surface area contributed by atoms with Crippen molar-refractivity contribution >= 4 is 51.6 Å². The lowest BCUT2D eigenvalue weighted by Crippen LogP contribution is -2.21. The van der Waals surface area contributed by atoms with Gasteiger partial charge in [0.25, 0.3) is 5.91 Å². The van der Waals surface area contributed by atoms with Crippen LogP contribution in [0.5, 0.6) is 0 Å². The van der Waals surface area contributed by atoms with Gasteiger partial charge in [-0.2, -0.15) is 0 Å². The van der Waals surface area contributed by atoms with Crippen LogP contribution in [0.3, 0.4) is 0 Å². The van der Waals surface area contributed by atoms with Gasteiger partial charge in [-0.15, -0.1) is 0 Å². The first-order valence-electron chi connectivity index (χ1n) is 8.15. The Morgan fingerprint density at radius 3 is 2.59 bits per heavy atom. The van der Waals surface area contributed by atoms with Crippen molar-refractivity contribution < 1.29 is 14.0 Å². The van der Waals surface area contributed by atoms with Crippen molar-refractivity contribution in [3.05, 3.63) is 58.9 Å². The molecule has 0 radical (unpaired) electrons. The number of halogens is 2. The van der Waals surface area contributed by atoms with Crippen molar-refractivity contribution in [2.45, 2.75) is 11.7 Å². The van der Waals surface area contributed by atoms with E-state index in [2.05, 4.69) is 10.3 Å². The lowest BCUT2D eigenvalue weighted by atomic mass is 10.2. The van der Waals surface area contributed by atoms with Crippen LogP contribution >= 0.6 is 23.4 Å². The summed E-state index contributed by atoms with van der Waals surface area (Å²) in [6.07, 6.45) is -0.0265. The molecule has 0 spiro atoms. The number of carbonyl (C=O) groups is 2. The maximum atomic E-state index is 13.2. The SMILES string of the molecule is CN(C)c1ccc(C2=NC(=O)[C@H](CC(=O)Nc3ccc(F)c(Cl)c3)S2)cc1. The molecule has 1 N–H and O–H groups in total. The molecule has 0 fully saturated rings. The number of carbonyl (C=O) groups excluding carboxylic acids is 2. The number of rotatable bonds is 5. The normalized spacial score (nSPS) is 16.2. The molecule has 0 aliphatic carbocycles. The monoisotopic (exact) mass is 405 g/mol. The summed E-state index contributed by atoms with van der Waals surface area (Å²) in [6.45, 7) is 0. The van der Waals surface area contributed by atoms with Gasteiger partial charge in [0, 0.05) is 37.5 Å². The van der Waals surface area contributed by atoms with Crippen LogP contribution in [0, 0.1) is 5.82 Å². The van der Waals surface area contributed by atoms with E-state index in [4.69, 9.17) is 11.6 Å². The van der Waals surface area contributed by atoms with Gasteiger partial charge in [-0.25, -0.2) is 9.38 Å². The topological polar surface area (TPSA) is 61.8 Å². The fraction of sp³-hybridized carbons (Fsp3) is 0.211. The zero-order chi connectivity index (χ0) is 19.6. The number of anilines is 2. The van der Waals surface area contributed by atoms with E-state index in [9.17, 15) is 14.0 Å². The van der Waals surface area contributed by atoms with E-state index in [-0.39, 0.29) is 23.3 Å². The highest BCUT2D eigenvalue weighted by molar-refractivity contribution is 8.16. The molecule has 3 rings (SSSR count). The Labute approximate surface area is 165 Å². The zero-order valence-corrected chi connectivity index (χ0v) is 16.3. The quantitative estimate of drug-likeness (QED) is 0.817. The lowest BCUT2D eigenvalue weighted by Gasteiger charge is -2.12. The fourth-order valence-corrected chi connectivity index (χ4v) is 3.75. The molecule has 5 nitrogen and oxygen atoms in total. The molecule has 0 saturated carbocycles. The minimum atomic E-state index is -0.579. The number of hydrogen-bond donors (Lipinski definition) is 1. The number of aliphatic imine (C=N–C) groups is 1. The van der Waals surface area contributed by atoms with E-state index in [1.807, 2.05) is 43.3 Å². The number of nitrogens with one attached hydrogen (secondary N) is 1. The molecule has 0 unspecified atom stereocenters. The maximum absolute atomic E-state index is 13.2. The van der Waals surface area contributed by atoms with E-state index in [1.54, 1.807) is 0 Å². The summed E-state index contributed by atoms with van der Waals surface area (Å²) in [5, 5.41) is 2.57. The summed E-state index contributed by atoms with van der Waals surface area (Å²) < 4.78 is 13.2. The number of amides is 2. The van der Waals surface area contributed by atoms with Crippen molar-refractivity contribution in [2.75, 3.05) is 24.3 Å². The summed E-state index contributed by atoms with van der Waals surface area (Å²) in [6, 6.07) is 11.6. The summed E-state index contributed by atoms with van der Waals surface area (Å²) in [7, 11) is 3.90. The van der Waals surface area contributed by atoms with Gasteiger partial charge in [-0.3, -0.25) is 9.59 Å². The molecule has 2 aromatic rings. The van der Waals surface area contributed by atoms with Gasteiger partial charge in [-0.1, -0.05) is 35.5 Å². The van der Waals surface area contributed by atoms with Crippen molar-refractivity contribution in [3.63, 3.8) is 0 Å². The van der Waals surface area contributed by atoms with Crippen LogP contribution in [0.2, 0.25) is 5.02 Å². The van der Waals surface area contributed by atoms with Gasteiger partial charge >= 0.3 is 0 Å². The number of hydrogen-bond acceptors (Lipinski definition) is 4. The van der Waals surface area contributed by atoms with Crippen LogP contribution in [0.4, 0.5) is 15.8 Å². The molecule has 27 heavy (non-hydrogen) atoms. The van der Waals surface area contributed by atoms with Crippen molar-refractivity contribution in [1.82, 2.24) is 0 Å². The second-order valence-electron chi connectivity index (χ2n) is 6.18. The van der Waals surface area contributed by atoms with Gasteiger partial charge in [0.05, 0.1) is 5.02 Å². The first kappa shape index (κ1) is 19.4. The van der Waals surface area contributed by atoms with Crippen molar-refractivity contribution in [2.24, 2.45) is 4.99 Å². The third-order valence-corrected chi connectivity index (χ3v) is 5.44. The second kappa shape index (κ2) is 8.10. The molecule has 0 bridgehead atoms. The Balaban J connectivity index is 1.61. The largest absolute Gasteiger partial charge is 0.378 e. The van der Waals surface area contributed by atoms with Crippen LogP contribution in [0.1, 0.15) is 12.0 Å². The highest BCUT2D eigenvalue weighted by atomic mass is 35.5. The summed E-state index contributed by atoms with van der Waals surface area (Å²) in [4.78, 5) is 30.4. The minimum Gasteiger partial charge on any atom is -0.378 e. The predicted molar refractivity (Wildman–Crippen MR) is 108 cm³/mol. The van der Waals surface area contributed by atoms with Crippen LogP contribution < -0.4 is 10.2 Å². The molecule has 2 amide bonds. The first-order valence-corrected chi connectivity index (χ1v) is 9.41. The molecule has 1 aliphatic rings. The molecule has 8 heteroatoms. The Bertz CT molecular complexity index is 916. The molecule has 1 atom stereocenters. The standard InChI is InChI=1S/C19H17ClFN3O2S/c1-24(2)13-6-3-11(4-7-13)19-23-18(26)16(27-19)10-17(25)22-12-5-8-15(21)14(20)9-12/h3-9,16H,10H2,1-2H3,(H,22,25)/t16-/m0/s1. The Morgan fingerprint density at radius 2 is 1.96 bits per heavy atom. The second-order valence-corrected chi connectivity index (χ2v) is 7.78. The predicted octanol–water partition coefficient (Wildman–Crippen LogP) is 3.96. The Kier molecular flexibility index (Phi) is 5.82. The fourth-order valence-electron chi connectivity index (χ4n) is 2.50. The first-order chi connectivity index (χ1) is 12.8. The molecule has 1 heterocycles. The highest BCUT2D eigenvalue weighted by Crippen LogP contribution is 2.30. The molecular weight excluding hydrogens is 389 g/mol. The molecule has 1 aliphatic heterocycles. The number of nitrogens with zero attached hydrogens (tertiary/aromatic N) is 2. The summed E-state index contributed by atoms with van der Waals surface area (Å²) in [5.41, 5.74) is 2.26. The Morgan fingerprint density at radius 1 is 1.26 bits per heavy atom. The van der Waals surface area contributed by atoms with E-state index >= 15 is 0 Å². The third kappa shape index (κ3) is 4.67. The summed E-state index contributed by atoms with van der Waals surface area (Å²) >= 11 is 6.97. The van der Waals surface area contributed by atoms with Crippen LogP contribution in [-0.4, -0.2) is 36.2 Å². The van der Waals surface area contributed by atoms with Crippen molar-refractivity contribution in [3.8, 4) is 0 Å². The number of thioether (sulfide) groups is 1. The van der Waals surface area contributed by atoms with Gasteiger partial charge < -0.3 is 10.2 Å². The van der Waals surface area contributed by atoms with Crippen LogP contribution in [0.25, 0.3) is 0 Å². The van der Waals surface area contributed by atoms with Gasteiger partial charge in [-0.05, 0) is 30.3 Å². The van der Waals surface area contributed by atoms with Gasteiger partial charge in [0.1, 0.15) is 16.1 Å². The minimum absolute atomic E-state index is 0.0265. The number of benzene rings is 2. The third-order valence-electron chi connectivity index (χ3n) is 3.95. The van der Waals surface area contributed by atoms with Gasteiger partial charge in [0.15, 0.2) is 0 Å². The average molecular weight is 406 g/mol. The Hall–Kier alpha value is -2.38. The highest BCUT2D eigenvalue weighted by Gasteiger charge is 2.31. The van der Waals surface area contributed by atoms with Crippen LogP contribution in [-0.2, 0) is 9.59 Å². The summed E-state index contributed by atoms with van der Waals surface area (Å²) in [5.74, 6) is -1.25. The molecule has 0 saturated heterocycles. The van der Waals surface area contributed by atoms with E-state index in [0.717, 1.165) is 11.3 Å².